The molecule has 0 aromatic heterocycles. The molecule has 0 spiro atoms. The van der Waals surface area contributed by atoms with Crippen molar-refractivity contribution in [2.24, 2.45) is 5.73 Å². The summed E-state index contributed by atoms with van der Waals surface area (Å²) in [6, 6.07) is 6.35. The van der Waals surface area contributed by atoms with E-state index >= 15 is 0 Å². The van der Waals surface area contributed by atoms with Crippen molar-refractivity contribution in [3.8, 4) is 12.3 Å². The van der Waals surface area contributed by atoms with Gasteiger partial charge in [-0.05, 0) is 24.6 Å². The van der Waals surface area contributed by atoms with E-state index in [0.29, 0.717) is 11.1 Å². The van der Waals surface area contributed by atoms with Crippen molar-refractivity contribution in [1.82, 2.24) is 0 Å². The Morgan fingerprint density at radius 2 is 2.14 bits per heavy atom. The molecule has 0 amide bonds. The first-order chi connectivity index (χ1) is 6.48. The van der Waals surface area contributed by atoms with Crippen LogP contribution in [0, 0.1) is 12.3 Å². The van der Waals surface area contributed by atoms with Crippen LogP contribution >= 0.6 is 0 Å². The van der Waals surface area contributed by atoms with Gasteiger partial charge in [0.15, 0.2) is 0 Å². The van der Waals surface area contributed by atoms with Crippen LogP contribution in [0.5, 0.6) is 0 Å². The first-order valence-corrected chi connectivity index (χ1v) is 4.12. The van der Waals surface area contributed by atoms with Gasteiger partial charge in [0.05, 0.1) is 5.54 Å². The Morgan fingerprint density at radius 3 is 2.64 bits per heavy atom. The topological polar surface area (TPSA) is 26.0 Å². The number of hydrogen-bond acceptors (Lipinski definition) is 1. The SMILES string of the molecule is C#Cc1cccc(C(C)(N)C(F)F)c1. The molecule has 0 saturated carbocycles. The number of halogens is 2. The fraction of sp³-hybridized carbons (Fsp3) is 0.273. The molecule has 1 atom stereocenters. The molecule has 1 aromatic carbocycles. The Kier molecular flexibility index (Phi) is 2.87. The molecule has 0 bridgehead atoms. The standard InChI is InChI=1S/C11H11F2N/c1-3-8-5-4-6-9(7-8)11(2,14)10(12)13/h1,4-7,10H,14H2,2H3. The molecule has 1 rings (SSSR count). The number of hydrogen-bond donors (Lipinski definition) is 1. The van der Waals surface area contributed by atoms with Gasteiger partial charge >= 0.3 is 0 Å². The van der Waals surface area contributed by atoms with Crippen LogP contribution in [0.15, 0.2) is 24.3 Å². The summed E-state index contributed by atoms with van der Waals surface area (Å²) in [6.45, 7) is 1.29. The van der Waals surface area contributed by atoms with Gasteiger partial charge in [0, 0.05) is 5.56 Å². The van der Waals surface area contributed by atoms with Crippen molar-refractivity contribution in [2.75, 3.05) is 0 Å². The van der Waals surface area contributed by atoms with Crippen LogP contribution in [0.25, 0.3) is 0 Å². The summed E-state index contributed by atoms with van der Waals surface area (Å²) in [7, 11) is 0. The number of terminal acetylenes is 1. The van der Waals surface area contributed by atoms with Crippen LogP contribution < -0.4 is 5.73 Å². The summed E-state index contributed by atoms with van der Waals surface area (Å²) in [4.78, 5) is 0. The average Bonchev–Trinajstić information content (AvgIpc) is 2.17. The fourth-order valence-electron chi connectivity index (χ4n) is 1.07. The zero-order chi connectivity index (χ0) is 10.8. The fourth-order valence-corrected chi connectivity index (χ4v) is 1.07. The lowest BCUT2D eigenvalue weighted by Gasteiger charge is -2.24. The van der Waals surface area contributed by atoms with Crippen molar-refractivity contribution in [3.05, 3.63) is 35.4 Å². The highest BCUT2D eigenvalue weighted by Crippen LogP contribution is 2.25. The lowest BCUT2D eigenvalue weighted by atomic mass is 9.92. The minimum Gasteiger partial charge on any atom is -0.317 e. The van der Waals surface area contributed by atoms with Gasteiger partial charge in [-0.1, -0.05) is 18.1 Å². The summed E-state index contributed by atoms with van der Waals surface area (Å²) in [5.74, 6) is 2.38. The molecule has 14 heavy (non-hydrogen) atoms. The van der Waals surface area contributed by atoms with Crippen molar-refractivity contribution >= 4 is 0 Å². The Morgan fingerprint density at radius 1 is 1.50 bits per heavy atom. The summed E-state index contributed by atoms with van der Waals surface area (Å²) in [6.07, 6.45) is 2.54. The molecule has 74 valence electrons. The zero-order valence-electron chi connectivity index (χ0n) is 7.80. The molecule has 1 nitrogen and oxygen atoms in total. The molecule has 0 aliphatic heterocycles. The Balaban J connectivity index is 3.14. The Labute approximate surface area is 81.9 Å². The van der Waals surface area contributed by atoms with Crippen molar-refractivity contribution in [2.45, 2.75) is 18.9 Å². The van der Waals surface area contributed by atoms with E-state index in [1.807, 2.05) is 0 Å². The zero-order valence-corrected chi connectivity index (χ0v) is 7.80. The lowest BCUT2D eigenvalue weighted by molar-refractivity contribution is 0.0625. The highest BCUT2D eigenvalue weighted by molar-refractivity contribution is 5.38. The third-order valence-corrected chi connectivity index (χ3v) is 2.10. The van der Waals surface area contributed by atoms with Crippen molar-refractivity contribution in [1.29, 1.82) is 0 Å². The normalized spacial score (nSPS) is 14.9. The minimum atomic E-state index is -2.62. The molecule has 1 aromatic rings. The molecular formula is C11H11F2N. The molecule has 2 N–H and O–H groups in total. The molecule has 0 radical (unpaired) electrons. The van der Waals surface area contributed by atoms with Gasteiger partial charge in [0.2, 0.25) is 0 Å². The van der Waals surface area contributed by atoms with Gasteiger partial charge < -0.3 is 5.73 Å². The predicted octanol–water partition coefficient (Wildman–Crippen LogP) is 2.11. The van der Waals surface area contributed by atoms with Crippen LogP contribution in [0.2, 0.25) is 0 Å². The smallest absolute Gasteiger partial charge is 0.260 e. The van der Waals surface area contributed by atoms with Crippen LogP contribution in [0.4, 0.5) is 8.78 Å². The van der Waals surface area contributed by atoms with E-state index in [1.54, 1.807) is 18.2 Å². The molecule has 1 unspecified atom stereocenters. The molecule has 3 heteroatoms. The number of nitrogens with two attached hydrogens (primary N) is 1. The van der Waals surface area contributed by atoms with Crippen LogP contribution in [-0.4, -0.2) is 6.43 Å². The van der Waals surface area contributed by atoms with E-state index in [-0.39, 0.29) is 0 Å². The molecule has 0 aliphatic carbocycles. The third-order valence-electron chi connectivity index (χ3n) is 2.10. The van der Waals surface area contributed by atoms with Crippen LogP contribution in [0.3, 0.4) is 0 Å². The van der Waals surface area contributed by atoms with E-state index in [0.717, 1.165) is 0 Å². The monoisotopic (exact) mass is 195 g/mol. The third kappa shape index (κ3) is 1.91. The summed E-state index contributed by atoms with van der Waals surface area (Å²) >= 11 is 0. The number of rotatable bonds is 2. The molecule has 0 aliphatic rings. The first-order valence-electron chi connectivity index (χ1n) is 4.12. The van der Waals surface area contributed by atoms with Crippen LogP contribution in [-0.2, 0) is 5.54 Å². The van der Waals surface area contributed by atoms with Gasteiger partial charge in [-0.25, -0.2) is 8.78 Å². The second-order valence-corrected chi connectivity index (χ2v) is 3.31. The highest BCUT2D eigenvalue weighted by Gasteiger charge is 2.32. The second-order valence-electron chi connectivity index (χ2n) is 3.31. The van der Waals surface area contributed by atoms with E-state index < -0.39 is 12.0 Å². The minimum absolute atomic E-state index is 0.350. The van der Waals surface area contributed by atoms with E-state index in [9.17, 15) is 8.78 Å². The van der Waals surface area contributed by atoms with E-state index in [1.165, 1.54) is 13.0 Å². The van der Waals surface area contributed by atoms with E-state index in [2.05, 4.69) is 5.92 Å². The molecule has 0 saturated heterocycles. The maximum Gasteiger partial charge on any atom is 0.260 e. The van der Waals surface area contributed by atoms with Gasteiger partial charge in [-0.15, -0.1) is 6.42 Å². The second kappa shape index (κ2) is 3.77. The van der Waals surface area contributed by atoms with E-state index in [4.69, 9.17) is 12.2 Å². The lowest BCUT2D eigenvalue weighted by Crippen LogP contribution is -2.40. The molecule has 0 heterocycles. The van der Waals surface area contributed by atoms with Crippen LogP contribution in [0.1, 0.15) is 18.1 Å². The Bertz CT molecular complexity index is 364. The van der Waals surface area contributed by atoms with Gasteiger partial charge in [0.25, 0.3) is 6.43 Å². The highest BCUT2D eigenvalue weighted by atomic mass is 19.3. The van der Waals surface area contributed by atoms with Gasteiger partial charge in [0.1, 0.15) is 0 Å². The maximum atomic E-state index is 12.6. The molecule has 0 fully saturated rings. The maximum absolute atomic E-state index is 12.6. The largest absolute Gasteiger partial charge is 0.317 e. The number of benzene rings is 1. The molecular weight excluding hydrogens is 184 g/mol. The van der Waals surface area contributed by atoms with Crippen molar-refractivity contribution in [3.63, 3.8) is 0 Å². The van der Waals surface area contributed by atoms with Crippen molar-refractivity contribution < 1.29 is 8.78 Å². The quantitative estimate of drug-likeness (QED) is 0.718. The van der Waals surface area contributed by atoms with Gasteiger partial charge in [-0.2, -0.15) is 0 Å². The number of alkyl halides is 2. The summed E-state index contributed by atoms with van der Waals surface area (Å²) < 4.78 is 25.1. The summed E-state index contributed by atoms with van der Waals surface area (Å²) in [5.41, 5.74) is 4.75. The Hall–Kier alpha value is -1.40. The average molecular weight is 195 g/mol. The first kappa shape index (κ1) is 10.7. The van der Waals surface area contributed by atoms with Gasteiger partial charge in [-0.3, -0.25) is 0 Å². The summed E-state index contributed by atoms with van der Waals surface area (Å²) in [5, 5.41) is 0. The predicted molar refractivity (Wildman–Crippen MR) is 51.9 cm³/mol.